The van der Waals surface area contributed by atoms with Crippen LogP contribution in [0.4, 0.5) is 0 Å². The SMILES string of the molecule is COCCN1CC[C@]2(CCCN(C(=O)c3cccnc3)CC2)C1=O. The molecule has 6 nitrogen and oxygen atoms in total. The molecule has 3 heterocycles. The predicted octanol–water partition coefficient (Wildman–Crippen LogP) is 1.57. The molecule has 2 fully saturated rings. The molecule has 0 saturated carbocycles. The van der Waals surface area contributed by atoms with Crippen LogP contribution in [0.5, 0.6) is 0 Å². The molecule has 6 heteroatoms. The lowest BCUT2D eigenvalue weighted by Crippen LogP contribution is -2.37. The van der Waals surface area contributed by atoms with Gasteiger partial charge in [0, 0.05) is 45.7 Å². The molecule has 1 aromatic rings. The van der Waals surface area contributed by atoms with Crippen LogP contribution >= 0.6 is 0 Å². The number of ether oxygens (including phenoxy) is 1. The lowest BCUT2D eigenvalue weighted by Gasteiger charge is -2.26. The molecule has 0 unspecified atom stereocenters. The van der Waals surface area contributed by atoms with Gasteiger partial charge < -0.3 is 14.5 Å². The third kappa shape index (κ3) is 3.29. The van der Waals surface area contributed by atoms with Crippen molar-refractivity contribution in [3.8, 4) is 0 Å². The zero-order valence-electron chi connectivity index (χ0n) is 14.2. The molecule has 0 bridgehead atoms. The maximum absolute atomic E-state index is 12.8. The maximum atomic E-state index is 12.8. The topological polar surface area (TPSA) is 62.7 Å². The van der Waals surface area contributed by atoms with Crippen LogP contribution in [0.25, 0.3) is 0 Å². The normalized spacial score (nSPS) is 24.5. The van der Waals surface area contributed by atoms with Crippen molar-refractivity contribution in [1.29, 1.82) is 0 Å². The summed E-state index contributed by atoms with van der Waals surface area (Å²) in [6.45, 7) is 3.39. The van der Waals surface area contributed by atoms with Crippen LogP contribution < -0.4 is 0 Å². The third-order valence-corrected chi connectivity index (χ3v) is 5.31. The average molecular weight is 331 g/mol. The third-order valence-electron chi connectivity index (χ3n) is 5.31. The molecule has 2 amide bonds. The number of nitrogens with zero attached hydrogens (tertiary/aromatic N) is 3. The highest BCUT2D eigenvalue weighted by Gasteiger charge is 2.46. The van der Waals surface area contributed by atoms with Crippen molar-refractivity contribution in [3.05, 3.63) is 30.1 Å². The molecule has 0 N–H and O–H groups in total. The average Bonchev–Trinajstić information content (AvgIpc) is 2.79. The Balaban J connectivity index is 1.65. The Morgan fingerprint density at radius 3 is 2.88 bits per heavy atom. The van der Waals surface area contributed by atoms with Gasteiger partial charge in [-0.2, -0.15) is 0 Å². The molecular formula is C18H25N3O3. The van der Waals surface area contributed by atoms with E-state index in [-0.39, 0.29) is 17.2 Å². The van der Waals surface area contributed by atoms with Crippen molar-refractivity contribution >= 4 is 11.8 Å². The van der Waals surface area contributed by atoms with Crippen molar-refractivity contribution in [2.45, 2.75) is 25.7 Å². The van der Waals surface area contributed by atoms with Gasteiger partial charge in [-0.1, -0.05) is 0 Å². The Labute approximate surface area is 142 Å². The maximum Gasteiger partial charge on any atom is 0.255 e. The van der Waals surface area contributed by atoms with Crippen molar-refractivity contribution in [1.82, 2.24) is 14.8 Å². The van der Waals surface area contributed by atoms with Crippen LogP contribution in [0, 0.1) is 5.41 Å². The van der Waals surface area contributed by atoms with Crippen molar-refractivity contribution in [2.75, 3.05) is 39.9 Å². The van der Waals surface area contributed by atoms with Crippen LogP contribution in [0.3, 0.4) is 0 Å². The fourth-order valence-electron chi connectivity index (χ4n) is 3.84. The second kappa shape index (κ2) is 7.30. The van der Waals surface area contributed by atoms with Crippen molar-refractivity contribution in [2.24, 2.45) is 5.41 Å². The van der Waals surface area contributed by atoms with E-state index in [1.807, 2.05) is 9.80 Å². The highest BCUT2D eigenvalue weighted by atomic mass is 16.5. The number of amides is 2. The number of methoxy groups -OCH3 is 1. The van der Waals surface area contributed by atoms with E-state index in [0.717, 1.165) is 32.2 Å². The van der Waals surface area contributed by atoms with E-state index in [2.05, 4.69) is 4.98 Å². The minimum absolute atomic E-state index is 0.0156. The largest absolute Gasteiger partial charge is 0.383 e. The molecule has 1 aromatic heterocycles. The van der Waals surface area contributed by atoms with Gasteiger partial charge in [0.05, 0.1) is 17.6 Å². The second-order valence-electron chi connectivity index (χ2n) is 6.70. The van der Waals surface area contributed by atoms with Crippen molar-refractivity contribution < 1.29 is 14.3 Å². The lowest BCUT2D eigenvalue weighted by molar-refractivity contribution is -0.137. The van der Waals surface area contributed by atoms with E-state index in [0.29, 0.717) is 31.8 Å². The zero-order valence-corrected chi connectivity index (χ0v) is 14.2. The number of hydrogen-bond acceptors (Lipinski definition) is 4. The Hall–Kier alpha value is -1.95. The molecule has 2 saturated heterocycles. The molecule has 3 rings (SSSR count). The number of carbonyl (C=O) groups excluding carboxylic acids is 2. The number of carbonyl (C=O) groups is 2. The smallest absolute Gasteiger partial charge is 0.255 e. The van der Waals surface area contributed by atoms with E-state index in [1.54, 1.807) is 31.6 Å². The summed E-state index contributed by atoms with van der Waals surface area (Å²) in [4.78, 5) is 33.3. The Bertz CT molecular complexity index is 592. The van der Waals surface area contributed by atoms with E-state index in [9.17, 15) is 9.59 Å². The first kappa shape index (κ1) is 16.9. The number of pyridine rings is 1. The van der Waals surface area contributed by atoms with Crippen LogP contribution in [0.15, 0.2) is 24.5 Å². The minimum atomic E-state index is -0.280. The van der Waals surface area contributed by atoms with Gasteiger partial charge in [0.2, 0.25) is 5.91 Å². The predicted molar refractivity (Wildman–Crippen MR) is 89.5 cm³/mol. The van der Waals surface area contributed by atoms with Gasteiger partial charge in [-0.05, 0) is 37.8 Å². The fraction of sp³-hybridized carbons (Fsp3) is 0.611. The van der Waals surface area contributed by atoms with Crippen molar-refractivity contribution in [3.63, 3.8) is 0 Å². The summed E-state index contributed by atoms with van der Waals surface area (Å²) >= 11 is 0. The quantitative estimate of drug-likeness (QED) is 0.840. The minimum Gasteiger partial charge on any atom is -0.383 e. The highest BCUT2D eigenvalue weighted by molar-refractivity contribution is 5.94. The van der Waals surface area contributed by atoms with Crippen LogP contribution in [0.1, 0.15) is 36.0 Å². The van der Waals surface area contributed by atoms with Gasteiger partial charge in [-0.3, -0.25) is 14.6 Å². The first-order valence-electron chi connectivity index (χ1n) is 8.64. The lowest BCUT2D eigenvalue weighted by atomic mass is 9.79. The van der Waals surface area contributed by atoms with E-state index >= 15 is 0 Å². The highest BCUT2D eigenvalue weighted by Crippen LogP contribution is 2.41. The zero-order chi connectivity index (χ0) is 17.0. The molecule has 1 atom stereocenters. The van der Waals surface area contributed by atoms with E-state index < -0.39 is 0 Å². The molecular weight excluding hydrogens is 306 g/mol. The first-order chi connectivity index (χ1) is 11.7. The number of hydrogen-bond donors (Lipinski definition) is 0. The Morgan fingerprint density at radius 1 is 1.29 bits per heavy atom. The van der Waals surface area contributed by atoms with Gasteiger partial charge in [-0.15, -0.1) is 0 Å². The van der Waals surface area contributed by atoms with Gasteiger partial charge in [0.1, 0.15) is 0 Å². The summed E-state index contributed by atoms with van der Waals surface area (Å²) in [5, 5.41) is 0. The van der Waals surface area contributed by atoms with Gasteiger partial charge in [0.25, 0.3) is 5.91 Å². The van der Waals surface area contributed by atoms with Gasteiger partial charge >= 0.3 is 0 Å². The van der Waals surface area contributed by atoms with Gasteiger partial charge in [0.15, 0.2) is 0 Å². The summed E-state index contributed by atoms with van der Waals surface area (Å²) in [7, 11) is 1.66. The van der Waals surface area contributed by atoms with E-state index in [1.165, 1.54) is 0 Å². The second-order valence-corrected chi connectivity index (χ2v) is 6.70. The molecule has 130 valence electrons. The molecule has 0 aliphatic carbocycles. The number of aromatic nitrogens is 1. The molecule has 2 aliphatic heterocycles. The number of rotatable bonds is 4. The van der Waals surface area contributed by atoms with Gasteiger partial charge in [-0.25, -0.2) is 0 Å². The monoisotopic (exact) mass is 331 g/mol. The molecule has 0 aromatic carbocycles. The molecule has 0 radical (unpaired) electrons. The van der Waals surface area contributed by atoms with Crippen LogP contribution in [-0.2, 0) is 9.53 Å². The van der Waals surface area contributed by atoms with Crippen LogP contribution in [0.2, 0.25) is 0 Å². The molecule has 2 aliphatic rings. The molecule has 24 heavy (non-hydrogen) atoms. The summed E-state index contributed by atoms with van der Waals surface area (Å²) < 4.78 is 5.10. The van der Waals surface area contributed by atoms with Crippen LogP contribution in [-0.4, -0.2) is 66.5 Å². The summed E-state index contributed by atoms with van der Waals surface area (Å²) in [6.07, 6.45) is 6.66. The Kier molecular flexibility index (Phi) is 5.14. The first-order valence-corrected chi connectivity index (χ1v) is 8.64. The molecule has 1 spiro atoms. The fourth-order valence-corrected chi connectivity index (χ4v) is 3.84. The summed E-state index contributed by atoms with van der Waals surface area (Å²) in [6, 6.07) is 3.57. The summed E-state index contributed by atoms with van der Waals surface area (Å²) in [5.41, 5.74) is 0.338. The Morgan fingerprint density at radius 2 is 2.12 bits per heavy atom. The summed E-state index contributed by atoms with van der Waals surface area (Å²) in [5.74, 6) is 0.261. The van der Waals surface area contributed by atoms with E-state index in [4.69, 9.17) is 4.74 Å². The standard InChI is InChI=1S/C18H25N3O3/c1-24-13-12-21-11-7-18(17(21)23)5-3-9-20(10-6-18)16(22)15-4-2-8-19-14-15/h2,4,8,14H,3,5-7,9-13H2,1H3/t18-/m1/s1. The number of likely N-dealkylation sites (tertiary alicyclic amines) is 2.